The van der Waals surface area contributed by atoms with Crippen LogP contribution in [0.3, 0.4) is 0 Å². The van der Waals surface area contributed by atoms with E-state index in [-0.39, 0.29) is 10.7 Å². The molecule has 5 heteroatoms. The fourth-order valence-corrected chi connectivity index (χ4v) is 2.07. The first-order valence-electron chi connectivity index (χ1n) is 5.59. The van der Waals surface area contributed by atoms with Crippen molar-refractivity contribution in [1.82, 2.24) is 9.55 Å². The van der Waals surface area contributed by atoms with Gasteiger partial charge in [0.05, 0.1) is 12.4 Å². The first-order chi connectivity index (χ1) is 7.75. The predicted octanol–water partition coefficient (Wildman–Crippen LogP) is 1.86. The molecular weight excluding hydrogens is 228 g/mol. The normalized spacial score (nSPS) is 20.2. The Morgan fingerprint density at radius 1 is 1.62 bits per heavy atom. The van der Waals surface area contributed by atoms with Crippen molar-refractivity contribution in [2.75, 3.05) is 6.61 Å². The Morgan fingerprint density at radius 2 is 2.50 bits per heavy atom. The van der Waals surface area contributed by atoms with Gasteiger partial charge in [-0.2, -0.15) is 0 Å². The fourth-order valence-electron chi connectivity index (χ4n) is 1.93. The molecule has 88 valence electrons. The van der Waals surface area contributed by atoms with E-state index in [9.17, 15) is 4.79 Å². The fraction of sp³-hybridized carbons (Fsp3) is 0.636. The van der Waals surface area contributed by atoms with Crippen LogP contribution >= 0.6 is 11.6 Å². The van der Waals surface area contributed by atoms with Crippen molar-refractivity contribution in [1.29, 1.82) is 0 Å². The van der Waals surface area contributed by atoms with Crippen LogP contribution in [0.5, 0.6) is 0 Å². The Bertz CT molecular complexity index is 399. The number of hydrogen-bond donors (Lipinski definition) is 0. The molecule has 0 spiro atoms. The molecule has 1 aliphatic heterocycles. The summed E-state index contributed by atoms with van der Waals surface area (Å²) >= 11 is 5.61. The first-order valence-corrected chi connectivity index (χ1v) is 5.97. The summed E-state index contributed by atoms with van der Waals surface area (Å²) in [4.78, 5) is 15.4. The molecule has 1 unspecified atom stereocenters. The Kier molecular flexibility index (Phi) is 3.96. The zero-order valence-corrected chi connectivity index (χ0v) is 9.82. The summed E-state index contributed by atoms with van der Waals surface area (Å²) in [6, 6.07) is 1.34. The molecule has 1 fully saturated rings. The highest BCUT2D eigenvalue weighted by atomic mass is 35.5. The number of ether oxygens (including phenoxy) is 1. The molecule has 1 aromatic heterocycles. The van der Waals surface area contributed by atoms with Crippen molar-refractivity contribution in [2.24, 2.45) is 0 Å². The maximum absolute atomic E-state index is 11.5. The molecule has 1 saturated heterocycles. The van der Waals surface area contributed by atoms with Crippen molar-refractivity contribution in [3.8, 4) is 0 Å². The van der Waals surface area contributed by atoms with E-state index in [1.54, 1.807) is 4.57 Å². The molecule has 1 atom stereocenters. The molecule has 0 radical (unpaired) electrons. The van der Waals surface area contributed by atoms with Crippen LogP contribution in [-0.2, 0) is 11.3 Å². The maximum atomic E-state index is 11.5. The molecule has 16 heavy (non-hydrogen) atoms. The van der Waals surface area contributed by atoms with E-state index in [1.807, 2.05) is 0 Å². The average molecular weight is 243 g/mol. The topological polar surface area (TPSA) is 44.1 Å². The van der Waals surface area contributed by atoms with E-state index < -0.39 is 0 Å². The molecule has 0 bridgehead atoms. The minimum Gasteiger partial charge on any atom is -0.378 e. The highest BCUT2D eigenvalue weighted by Crippen LogP contribution is 2.16. The van der Waals surface area contributed by atoms with Crippen LogP contribution < -0.4 is 5.56 Å². The largest absolute Gasteiger partial charge is 0.378 e. The van der Waals surface area contributed by atoms with Crippen LogP contribution in [0.25, 0.3) is 0 Å². The zero-order chi connectivity index (χ0) is 11.4. The van der Waals surface area contributed by atoms with Crippen LogP contribution in [0.2, 0.25) is 5.15 Å². The summed E-state index contributed by atoms with van der Waals surface area (Å²) in [5.74, 6) is 0. The van der Waals surface area contributed by atoms with Crippen LogP contribution in [0.15, 0.2) is 17.2 Å². The van der Waals surface area contributed by atoms with Gasteiger partial charge in [0, 0.05) is 19.2 Å². The minimum absolute atomic E-state index is 0.0904. The number of aromatic nitrogens is 2. The van der Waals surface area contributed by atoms with Gasteiger partial charge in [0.2, 0.25) is 0 Å². The number of hydrogen-bond acceptors (Lipinski definition) is 3. The van der Waals surface area contributed by atoms with Crippen molar-refractivity contribution in [2.45, 2.75) is 38.3 Å². The minimum atomic E-state index is -0.0904. The van der Waals surface area contributed by atoms with Gasteiger partial charge >= 0.3 is 0 Å². The summed E-state index contributed by atoms with van der Waals surface area (Å²) in [6.45, 7) is 1.57. The predicted molar refractivity (Wildman–Crippen MR) is 61.7 cm³/mol. The Balaban J connectivity index is 1.82. The second-order valence-electron chi connectivity index (χ2n) is 4.02. The van der Waals surface area contributed by atoms with Crippen LogP contribution in [-0.4, -0.2) is 22.3 Å². The molecule has 0 saturated carbocycles. The van der Waals surface area contributed by atoms with Gasteiger partial charge in [-0.1, -0.05) is 11.6 Å². The maximum Gasteiger partial charge on any atom is 0.254 e. The Labute approximate surface area is 99.2 Å². The lowest BCUT2D eigenvalue weighted by atomic mass is 10.1. The highest BCUT2D eigenvalue weighted by molar-refractivity contribution is 6.29. The van der Waals surface area contributed by atoms with Gasteiger partial charge < -0.3 is 4.74 Å². The third kappa shape index (κ3) is 3.06. The van der Waals surface area contributed by atoms with Crippen LogP contribution in [0.1, 0.15) is 25.7 Å². The summed E-state index contributed by atoms with van der Waals surface area (Å²) in [5.41, 5.74) is -0.0904. The lowest BCUT2D eigenvalue weighted by molar-refractivity contribution is 0.101. The van der Waals surface area contributed by atoms with Gasteiger partial charge in [-0.05, 0) is 25.7 Å². The highest BCUT2D eigenvalue weighted by Gasteiger charge is 2.14. The molecular formula is C11H15ClN2O2. The summed E-state index contributed by atoms with van der Waals surface area (Å²) in [7, 11) is 0. The number of nitrogens with zero attached hydrogens (tertiary/aromatic N) is 2. The standard InChI is InChI=1S/C11H15ClN2O2/c12-10-7-11(15)14(8-13-10)5-1-3-9-4-2-6-16-9/h7-9H,1-6H2. The van der Waals surface area contributed by atoms with Crippen molar-refractivity contribution in [3.63, 3.8) is 0 Å². The van der Waals surface area contributed by atoms with Crippen molar-refractivity contribution >= 4 is 11.6 Å². The molecule has 0 aromatic carbocycles. The van der Waals surface area contributed by atoms with E-state index in [4.69, 9.17) is 16.3 Å². The molecule has 0 aliphatic carbocycles. The van der Waals surface area contributed by atoms with E-state index >= 15 is 0 Å². The lowest BCUT2D eigenvalue weighted by Gasteiger charge is -2.09. The quantitative estimate of drug-likeness (QED) is 0.757. The van der Waals surface area contributed by atoms with E-state index in [0.29, 0.717) is 12.6 Å². The SMILES string of the molecule is O=c1cc(Cl)ncn1CCCC1CCCO1. The van der Waals surface area contributed by atoms with E-state index in [0.717, 1.165) is 32.3 Å². The summed E-state index contributed by atoms with van der Waals surface area (Å²) in [6.07, 6.45) is 6.14. The van der Waals surface area contributed by atoms with Crippen molar-refractivity contribution < 1.29 is 4.74 Å². The number of rotatable bonds is 4. The van der Waals surface area contributed by atoms with Crippen molar-refractivity contribution in [3.05, 3.63) is 27.9 Å². The number of aryl methyl sites for hydroxylation is 1. The number of halogens is 1. The second kappa shape index (κ2) is 5.46. The molecule has 0 N–H and O–H groups in total. The first kappa shape index (κ1) is 11.6. The van der Waals surface area contributed by atoms with Gasteiger partial charge in [0.1, 0.15) is 5.15 Å². The molecule has 2 rings (SSSR count). The van der Waals surface area contributed by atoms with E-state index in [1.165, 1.54) is 12.4 Å². The Hall–Kier alpha value is -0.870. The molecule has 4 nitrogen and oxygen atoms in total. The third-order valence-electron chi connectivity index (χ3n) is 2.80. The zero-order valence-electron chi connectivity index (χ0n) is 9.06. The summed E-state index contributed by atoms with van der Waals surface area (Å²) < 4.78 is 7.10. The van der Waals surface area contributed by atoms with Crippen LogP contribution in [0.4, 0.5) is 0 Å². The second-order valence-corrected chi connectivity index (χ2v) is 4.41. The van der Waals surface area contributed by atoms with Gasteiger partial charge in [0.25, 0.3) is 5.56 Å². The Morgan fingerprint density at radius 3 is 3.19 bits per heavy atom. The third-order valence-corrected chi connectivity index (χ3v) is 3.00. The molecule has 1 aromatic rings. The molecule has 1 aliphatic rings. The van der Waals surface area contributed by atoms with Gasteiger partial charge in [0.15, 0.2) is 0 Å². The van der Waals surface area contributed by atoms with Crippen LogP contribution in [0, 0.1) is 0 Å². The average Bonchev–Trinajstić information content (AvgIpc) is 2.74. The smallest absolute Gasteiger partial charge is 0.254 e. The molecule has 0 amide bonds. The van der Waals surface area contributed by atoms with Gasteiger partial charge in [-0.3, -0.25) is 9.36 Å². The van der Waals surface area contributed by atoms with Gasteiger partial charge in [-0.25, -0.2) is 4.98 Å². The lowest BCUT2D eigenvalue weighted by Crippen LogP contribution is -2.20. The monoisotopic (exact) mass is 242 g/mol. The van der Waals surface area contributed by atoms with Gasteiger partial charge in [-0.15, -0.1) is 0 Å². The van der Waals surface area contributed by atoms with E-state index in [2.05, 4.69) is 4.98 Å². The molecule has 2 heterocycles. The summed E-state index contributed by atoms with van der Waals surface area (Å²) in [5, 5.41) is 0.250.